The summed E-state index contributed by atoms with van der Waals surface area (Å²) in [5.74, 6) is 5.38. The van der Waals surface area contributed by atoms with Crippen molar-refractivity contribution in [2.75, 3.05) is 5.84 Å². The van der Waals surface area contributed by atoms with E-state index in [9.17, 15) is 4.79 Å². The average Bonchev–Trinajstić information content (AvgIpc) is 2.31. The van der Waals surface area contributed by atoms with Crippen LogP contribution in [0.5, 0.6) is 0 Å². The summed E-state index contributed by atoms with van der Waals surface area (Å²) >= 11 is 0. The van der Waals surface area contributed by atoms with E-state index in [1.54, 1.807) is 6.20 Å². The molecular weight excluding hydrogens is 144 g/mol. The summed E-state index contributed by atoms with van der Waals surface area (Å²) in [6.45, 7) is 0. The summed E-state index contributed by atoms with van der Waals surface area (Å²) in [5, 5.41) is 0.509. The molecule has 2 rings (SSSR count). The van der Waals surface area contributed by atoms with Gasteiger partial charge in [0.2, 0.25) is 0 Å². The lowest BCUT2D eigenvalue weighted by Gasteiger charge is -1.82. The van der Waals surface area contributed by atoms with Crippen molar-refractivity contribution in [1.82, 2.24) is 14.6 Å². The lowest BCUT2D eigenvalue weighted by atomic mass is 10.4. The molecule has 0 aliphatic rings. The van der Waals surface area contributed by atoms with Crippen molar-refractivity contribution in [3.05, 3.63) is 29.1 Å². The molecule has 11 heavy (non-hydrogen) atoms. The summed E-state index contributed by atoms with van der Waals surface area (Å²) in [5.41, 5.74) is 0.440. The first kappa shape index (κ1) is 5.96. The molecular formula is C6H6N4O. The first-order valence-electron chi connectivity index (χ1n) is 3.08. The van der Waals surface area contributed by atoms with Crippen molar-refractivity contribution in [1.29, 1.82) is 0 Å². The molecule has 0 amide bonds. The van der Waals surface area contributed by atoms with E-state index in [1.807, 2.05) is 0 Å². The number of hydrogen-bond acceptors (Lipinski definition) is 3. The maximum Gasteiger partial charge on any atom is 0.260 e. The van der Waals surface area contributed by atoms with E-state index in [4.69, 9.17) is 5.84 Å². The quantitative estimate of drug-likeness (QED) is 0.494. The molecule has 0 aromatic carbocycles. The Hall–Kier alpha value is -1.78. The number of nitrogens with zero attached hydrogens (tertiary/aromatic N) is 2. The molecule has 0 radical (unpaired) electrons. The third kappa shape index (κ3) is 0.778. The molecule has 5 heteroatoms. The normalized spacial score (nSPS) is 10.5. The van der Waals surface area contributed by atoms with Crippen LogP contribution in [0.4, 0.5) is 0 Å². The predicted molar refractivity (Wildman–Crippen MR) is 40.5 cm³/mol. The van der Waals surface area contributed by atoms with Gasteiger partial charge in [-0.3, -0.25) is 9.47 Å². The first-order valence-corrected chi connectivity index (χ1v) is 3.08. The summed E-state index contributed by atoms with van der Waals surface area (Å²) in [7, 11) is 0. The van der Waals surface area contributed by atoms with Crippen LogP contribution in [-0.4, -0.2) is 14.6 Å². The Morgan fingerprint density at radius 1 is 1.55 bits per heavy atom. The Morgan fingerprint density at radius 3 is 3.09 bits per heavy atom. The monoisotopic (exact) mass is 150 g/mol. The number of hydrogen-bond donors (Lipinski definition) is 2. The van der Waals surface area contributed by atoms with E-state index < -0.39 is 0 Å². The number of H-pyrrole nitrogens is 1. The van der Waals surface area contributed by atoms with Crippen molar-refractivity contribution in [3.63, 3.8) is 0 Å². The molecule has 0 saturated carbocycles. The van der Waals surface area contributed by atoms with Gasteiger partial charge in [-0.05, 0) is 0 Å². The number of fused-ring (bicyclic) bond motifs is 1. The van der Waals surface area contributed by atoms with Gasteiger partial charge < -0.3 is 10.8 Å². The summed E-state index contributed by atoms with van der Waals surface area (Å²) < 4.78 is 1.31. The molecule has 0 spiro atoms. The summed E-state index contributed by atoms with van der Waals surface area (Å²) in [4.78, 5) is 17.4. The SMILES string of the molecule is Nn1cc2nc[nH]c(=O)c2c1. The maximum atomic E-state index is 11.0. The van der Waals surface area contributed by atoms with Crippen molar-refractivity contribution in [3.8, 4) is 0 Å². The van der Waals surface area contributed by atoms with E-state index >= 15 is 0 Å². The number of aromatic amines is 1. The fourth-order valence-corrected chi connectivity index (χ4v) is 0.979. The van der Waals surface area contributed by atoms with Gasteiger partial charge in [-0.15, -0.1) is 0 Å². The van der Waals surface area contributed by atoms with Gasteiger partial charge in [0, 0.05) is 6.20 Å². The molecule has 5 nitrogen and oxygen atoms in total. The van der Waals surface area contributed by atoms with Crippen LogP contribution in [-0.2, 0) is 0 Å². The molecule has 56 valence electrons. The number of nitrogens with two attached hydrogens (primary N) is 1. The van der Waals surface area contributed by atoms with Gasteiger partial charge in [-0.2, -0.15) is 0 Å². The van der Waals surface area contributed by atoms with Gasteiger partial charge in [0.25, 0.3) is 5.56 Å². The number of rotatable bonds is 0. The molecule has 0 fully saturated rings. The third-order valence-corrected chi connectivity index (χ3v) is 1.47. The average molecular weight is 150 g/mol. The fraction of sp³-hybridized carbons (Fsp3) is 0. The van der Waals surface area contributed by atoms with E-state index in [-0.39, 0.29) is 5.56 Å². The van der Waals surface area contributed by atoms with Gasteiger partial charge in [0.1, 0.15) is 0 Å². The molecule has 0 unspecified atom stereocenters. The highest BCUT2D eigenvalue weighted by Gasteiger charge is 1.99. The number of nitrogen functional groups attached to an aromatic ring is 1. The molecule has 0 atom stereocenters. The summed E-state index contributed by atoms with van der Waals surface area (Å²) in [6.07, 6.45) is 4.47. The van der Waals surface area contributed by atoms with Gasteiger partial charge in [-0.25, -0.2) is 4.98 Å². The second kappa shape index (κ2) is 1.85. The Morgan fingerprint density at radius 2 is 2.36 bits per heavy atom. The van der Waals surface area contributed by atoms with Crippen LogP contribution in [0.25, 0.3) is 10.9 Å². The maximum absolute atomic E-state index is 11.0. The minimum atomic E-state index is -0.167. The molecule has 0 aliphatic heterocycles. The van der Waals surface area contributed by atoms with Crippen LogP contribution in [0, 0.1) is 0 Å². The van der Waals surface area contributed by atoms with Crippen LogP contribution in [0.1, 0.15) is 0 Å². The van der Waals surface area contributed by atoms with Crippen LogP contribution in [0.3, 0.4) is 0 Å². The van der Waals surface area contributed by atoms with E-state index in [0.717, 1.165) is 0 Å². The number of nitrogens with one attached hydrogen (secondary N) is 1. The molecule has 0 saturated heterocycles. The Kier molecular flexibility index (Phi) is 1.00. The highest BCUT2D eigenvalue weighted by atomic mass is 16.1. The molecule has 3 N–H and O–H groups in total. The second-order valence-electron chi connectivity index (χ2n) is 2.24. The lowest BCUT2D eigenvalue weighted by molar-refractivity contribution is 1.02. The first-order chi connectivity index (χ1) is 5.27. The molecule has 2 aromatic rings. The number of aromatic nitrogens is 3. The highest BCUT2D eigenvalue weighted by molar-refractivity contribution is 5.76. The van der Waals surface area contributed by atoms with Crippen molar-refractivity contribution in [2.24, 2.45) is 0 Å². The minimum absolute atomic E-state index is 0.167. The van der Waals surface area contributed by atoms with Crippen LogP contribution in [0.2, 0.25) is 0 Å². The highest BCUT2D eigenvalue weighted by Crippen LogP contribution is 2.02. The molecule has 2 heterocycles. The fourth-order valence-electron chi connectivity index (χ4n) is 0.979. The zero-order valence-electron chi connectivity index (χ0n) is 5.61. The zero-order valence-corrected chi connectivity index (χ0v) is 5.61. The van der Waals surface area contributed by atoms with Crippen molar-refractivity contribution >= 4 is 10.9 Å². The Labute approximate surface area is 61.4 Å². The van der Waals surface area contributed by atoms with Crippen LogP contribution < -0.4 is 11.4 Å². The second-order valence-corrected chi connectivity index (χ2v) is 2.24. The predicted octanol–water partition coefficient (Wildman–Crippen LogP) is -0.562. The van der Waals surface area contributed by atoms with Crippen molar-refractivity contribution < 1.29 is 0 Å². The molecule has 0 bridgehead atoms. The molecule has 2 aromatic heterocycles. The Balaban J connectivity index is 3.02. The van der Waals surface area contributed by atoms with Gasteiger partial charge in [0.05, 0.1) is 23.4 Å². The standard InChI is InChI=1S/C6H6N4O/c7-10-1-4-5(2-10)8-3-9-6(4)11/h1-3H,7H2,(H,8,9,11). The van der Waals surface area contributed by atoms with E-state index in [1.165, 1.54) is 17.2 Å². The third-order valence-electron chi connectivity index (χ3n) is 1.47. The van der Waals surface area contributed by atoms with Gasteiger partial charge in [0.15, 0.2) is 0 Å². The van der Waals surface area contributed by atoms with Crippen LogP contribution in [0.15, 0.2) is 23.5 Å². The topological polar surface area (TPSA) is 76.7 Å². The van der Waals surface area contributed by atoms with Gasteiger partial charge >= 0.3 is 0 Å². The lowest BCUT2D eigenvalue weighted by Crippen LogP contribution is -2.05. The zero-order chi connectivity index (χ0) is 7.84. The van der Waals surface area contributed by atoms with E-state index in [0.29, 0.717) is 10.9 Å². The van der Waals surface area contributed by atoms with Crippen molar-refractivity contribution in [2.45, 2.75) is 0 Å². The molecule has 0 aliphatic carbocycles. The van der Waals surface area contributed by atoms with E-state index in [2.05, 4.69) is 9.97 Å². The smallest absolute Gasteiger partial charge is 0.260 e. The largest absolute Gasteiger partial charge is 0.340 e. The Bertz CT molecular complexity index is 441. The van der Waals surface area contributed by atoms with Gasteiger partial charge in [-0.1, -0.05) is 0 Å². The van der Waals surface area contributed by atoms with Crippen LogP contribution >= 0.6 is 0 Å². The minimum Gasteiger partial charge on any atom is -0.340 e. The summed E-state index contributed by atoms with van der Waals surface area (Å²) in [6, 6.07) is 0.